The number of pyridine rings is 1. The molecular formula is C15H25N3O. The van der Waals surface area contributed by atoms with Gasteiger partial charge in [-0.2, -0.15) is 0 Å². The Hall–Kier alpha value is -1.58. The third-order valence-electron chi connectivity index (χ3n) is 2.95. The third kappa shape index (κ3) is 4.23. The van der Waals surface area contributed by atoms with Crippen LogP contribution in [0.3, 0.4) is 0 Å². The molecule has 1 N–H and O–H groups in total. The molecule has 0 aliphatic heterocycles. The Morgan fingerprint density at radius 3 is 2.58 bits per heavy atom. The minimum atomic E-state index is 0.0605. The second-order valence-electron chi connectivity index (χ2n) is 5.08. The summed E-state index contributed by atoms with van der Waals surface area (Å²) in [5.41, 5.74) is 1.66. The maximum absolute atomic E-state index is 12.3. The Bertz CT molecular complexity index is 429. The fourth-order valence-electron chi connectivity index (χ4n) is 1.90. The molecule has 0 saturated carbocycles. The van der Waals surface area contributed by atoms with Crippen molar-refractivity contribution in [3.05, 3.63) is 23.4 Å². The summed E-state index contributed by atoms with van der Waals surface area (Å²) in [5.74, 6) is 1.15. The fraction of sp³-hybridized carbons (Fsp3) is 0.600. The lowest BCUT2D eigenvalue weighted by Gasteiger charge is -2.18. The van der Waals surface area contributed by atoms with E-state index in [0.29, 0.717) is 11.5 Å². The number of hydrogen-bond acceptors (Lipinski definition) is 3. The minimum absolute atomic E-state index is 0.0605. The zero-order chi connectivity index (χ0) is 14.4. The van der Waals surface area contributed by atoms with Crippen molar-refractivity contribution in [3.63, 3.8) is 0 Å². The highest BCUT2D eigenvalue weighted by atomic mass is 16.2. The van der Waals surface area contributed by atoms with Gasteiger partial charge >= 0.3 is 0 Å². The van der Waals surface area contributed by atoms with Crippen LogP contribution < -0.4 is 5.32 Å². The van der Waals surface area contributed by atoms with E-state index in [-0.39, 0.29) is 5.91 Å². The number of hydrogen-bond donors (Lipinski definition) is 1. The van der Waals surface area contributed by atoms with Crippen LogP contribution in [0.4, 0.5) is 5.82 Å². The van der Waals surface area contributed by atoms with Gasteiger partial charge in [-0.05, 0) is 31.4 Å². The zero-order valence-electron chi connectivity index (χ0n) is 12.7. The van der Waals surface area contributed by atoms with Gasteiger partial charge in [0.05, 0.1) is 0 Å². The molecule has 1 amide bonds. The van der Waals surface area contributed by atoms with Crippen LogP contribution >= 0.6 is 0 Å². The van der Waals surface area contributed by atoms with E-state index >= 15 is 0 Å². The molecule has 0 aliphatic carbocycles. The highest BCUT2D eigenvalue weighted by Crippen LogP contribution is 2.18. The molecule has 1 rings (SSSR count). The first-order valence-electron chi connectivity index (χ1n) is 7.00. The summed E-state index contributed by atoms with van der Waals surface area (Å²) in [5, 5.41) is 3.19. The Balaban J connectivity index is 3.08. The van der Waals surface area contributed by atoms with Crippen molar-refractivity contribution in [2.24, 2.45) is 0 Å². The highest BCUT2D eigenvalue weighted by molar-refractivity contribution is 5.94. The van der Waals surface area contributed by atoms with E-state index in [2.05, 4.69) is 31.1 Å². The molecule has 0 aromatic carbocycles. The number of nitrogens with one attached hydrogen (secondary N) is 1. The molecule has 4 nitrogen and oxygen atoms in total. The van der Waals surface area contributed by atoms with Gasteiger partial charge in [-0.15, -0.1) is 0 Å². The summed E-state index contributed by atoms with van der Waals surface area (Å²) >= 11 is 0. The monoisotopic (exact) mass is 263 g/mol. The average Bonchev–Trinajstić information content (AvgIpc) is 2.38. The molecule has 0 aliphatic rings. The van der Waals surface area contributed by atoms with Crippen molar-refractivity contribution >= 4 is 11.7 Å². The van der Waals surface area contributed by atoms with Gasteiger partial charge in [0.25, 0.3) is 5.91 Å². The molecule has 1 aromatic rings. The standard InChI is InChI=1S/C15H25N3O/c1-6-8-18(5)15(19)12-9-13(11(3)4)17-14(10-12)16-7-2/h9-11H,6-8H2,1-5H3,(H,16,17). The first-order valence-corrected chi connectivity index (χ1v) is 7.00. The van der Waals surface area contributed by atoms with Crippen LogP contribution in [0.1, 0.15) is 56.1 Å². The summed E-state index contributed by atoms with van der Waals surface area (Å²) in [4.78, 5) is 18.6. The maximum atomic E-state index is 12.3. The molecule has 1 heterocycles. The Kier molecular flexibility index (Phi) is 5.80. The molecule has 0 radical (unpaired) electrons. The number of nitrogens with zero attached hydrogens (tertiary/aromatic N) is 2. The van der Waals surface area contributed by atoms with Gasteiger partial charge in [-0.1, -0.05) is 20.8 Å². The molecule has 106 valence electrons. The predicted octanol–water partition coefficient (Wildman–Crippen LogP) is 3.12. The number of carbonyl (C=O) groups is 1. The van der Waals surface area contributed by atoms with Crippen molar-refractivity contribution in [1.29, 1.82) is 0 Å². The van der Waals surface area contributed by atoms with Crippen molar-refractivity contribution in [2.45, 2.75) is 40.0 Å². The summed E-state index contributed by atoms with van der Waals surface area (Å²) in [6, 6.07) is 3.74. The molecular weight excluding hydrogens is 238 g/mol. The van der Waals surface area contributed by atoms with Crippen LogP contribution in [0.25, 0.3) is 0 Å². The Morgan fingerprint density at radius 1 is 1.37 bits per heavy atom. The van der Waals surface area contributed by atoms with Gasteiger partial charge in [0.2, 0.25) is 0 Å². The zero-order valence-corrected chi connectivity index (χ0v) is 12.7. The van der Waals surface area contributed by atoms with Gasteiger partial charge in [0, 0.05) is 31.4 Å². The summed E-state index contributed by atoms with van der Waals surface area (Å²) in [7, 11) is 1.84. The van der Waals surface area contributed by atoms with Crippen molar-refractivity contribution in [3.8, 4) is 0 Å². The Labute approximate surface area is 116 Å². The van der Waals surface area contributed by atoms with E-state index in [1.165, 1.54) is 0 Å². The molecule has 0 bridgehead atoms. The van der Waals surface area contributed by atoms with Gasteiger partial charge in [-0.3, -0.25) is 4.79 Å². The SMILES string of the molecule is CCCN(C)C(=O)c1cc(NCC)nc(C(C)C)c1. The molecule has 0 saturated heterocycles. The smallest absolute Gasteiger partial charge is 0.253 e. The summed E-state index contributed by atoms with van der Waals surface area (Å²) in [6.45, 7) is 9.83. The van der Waals surface area contributed by atoms with Crippen LogP contribution in [0.15, 0.2) is 12.1 Å². The molecule has 19 heavy (non-hydrogen) atoms. The lowest BCUT2D eigenvalue weighted by molar-refractivity contribution is 0.0795. The van der Waals surface area contributed by atoms with Crippen molar-refractivity contribution < 1.29 is 4.79 Å². The number of rotatable bonds is 6. The topological polar surface area (TPSA) is 45.2 Å². The fourth-order valence-corrected chi connectivity index (χ4v) is 1.90. The quantitative estimate of drug-likeness (QED) is 0.857. The van der Waals surface area contributed by atoms with Crippen LogP contribution in [0.5, 0.6) is 0 Å². The molecule has 4 heteroatoms. The van der Waals surface area contributed by atoms with Crippen LogP contribution in [-0.4, -0.2) is 35.9 Å². The van der Waals surface area contributed by atoms with Crippen molar-refractivity contribution in [1.82, 2.24) is 9.88 Å². The van der Waals surface area contributed by atoms with Crippen LogP contribution in [0.2, 0.25) is 0 Å². The Morgan fingerprint density at radius 2 is 2.05 bits per heavy atom. The van der Waals surface area contributed by atoms with Crippen LogP contribution in [0, 0.1) is 0 Å². The van der Waals surface area contributed by atoms with Gasteiger partial charge < -0.3 is 10.2 Å². The number of amides is 1. The first-order chi connectivity index (χ1) is 8.99. The van der Waals surface area contributed by atoms with E-state index in [1.54, 1.807) is 4.90 Å². The van der Waals surface area contributed by atoms with Crippen LogP contribution in [-0.2, 0) is 0 Å². The van der Waals surface area contributed by atoms with E-state index in [4.69, 9.17) is 0 Å². The normalized spacial score (nSPS) is 10.6. The maximum Gasteiger partial charge on any atom is 0.253 e. The summed E-state index contributed by atoms with van der Waals surface area (Å²) < 4.78 is 0. The minimum Gasteiger partial charge on any atom is -0.370 e. The second-order valence-corrected chi connectivity index (χ2v) is 5.08. The molecule has 0 atom stereocenters. The number of carbonyl (C=O) groups excluding carboxylic acids is 1. The lowest BCUT2D eigenvalue weighted by atomic mass is 10.1. The average molecular weight is 263 g/mol. The number of aromatic nitrogens is 1. The van der Waals surface area contributed by atoms with Gasteiger partial charge in [0.1, 0.15) is 5.82 Å². The van der Waals surface area contributed by atoms with Gasteiger partial charge in [-0.25, -0.2) is 4.98 Å². The lowest BCUT2D eigenvalue weighted by Crippen LogP contribution is -2.27. The number of anilines is 1. The molecule has 0 unspecified atom stereocenters. The first kappa shape index (κ1) is 15.5. The van der Waals surface area contributed by atoms with E-state index < -0.39 is 0 Å². The van der Waals surface area contributed by atoms with Gasteiger partial charge in [0.15, 0.2) is 0 Å². The molecule has 1 aromatic heterocycles. The second kappa shape index (κ2) is 7.12. The summed E-state index contributed by atoms with van der Waals surface area (Å²) in [6.07, 6.45) is 0.963. The molecule has 0 spiro atoms. The van der Waals surface area contributed by atoms with E-state index in [1.807, 2.05) is 26.1 Å². The van der Waals surface area contributed by atoms with E-state index in [9.17, 15) is 4.79 Å². The third-order valence-corrected chi connectivity index (χ3v) is 2.95. The van der Waals surface area contributed by atoms with E-state index in [0.717, 1.165) is 31.0 Å². The van der Waals surface area contributed by atoms with Crippen molar-refractivity contribution in [2.75, 3.05) is 25.5 Å². The predicted molar refractivity (Wildman–Crippen MR) is 79.7 cm³/mol. The molecule has 0 fully saturated rings. The largest absolute Gasteiger partial charge is 0.370 e. The highest BCUT2D eigenvalue weighted by Gasteiger charge is 2.14.